The van der Waals surface area contributed by atoms with Gasteiger partial charge in [-0.1, -0.05) is 29.8 Å². The number of methoxy groups -OCH3 is 1. The van der Waals surface area contributed by atoms with Crippen molar-refractivity contribution in [2.45, 2.75) is 19.4 Å². The van der Waals surface area contributed by atoms with E-state index in [1.165, 1.54) is 7.11 Å². The van der Waals surface area contributed by atoms with Crippen LogP contribution in [0.5, 0.6) is 0 Å². The average Bonchev–Trinajstić information content (AvgIpc) is 3.05. The van der Waals surface area contributed by atoms with Gasteiger partial charge in [-0.15, -0.1) is 11.3 Å². The Kier molecular flexibility index (Phi) is 6.62. The topological polar surface area (TPSA) is 46.6 Å². The second-order valence-corrected chi connectivity index (χ2v) is 6.49. The SMILES string of the molecule is COC(=O)CCN(Cc1ccc(Cl)cc1)C(=O)Cc1cccs1. The first-order chi connectivity index (χ1) is 11.1. The summed E-state index contributed by atoms with van der Waals surface area (Å²) in [5.41, 5.74) is 0.971. The first kappa shape index (κ1) is 17.5. The average molecular weight is 352 g/mol. The molecular formula is C17H18ClNO3S. The number of halogens is 1. The number of ether oxygens (including phenoxy) is 1. The van der Waals surface area contributed by atoms with Crippen LogP contribution in [0.15, 0.2) is 41.8 Å². The maximum Gasteiger partial charge on any atom is 0.307 e. The number of hydrogen-bond acceptors (Lipinski definition) is 4. The zero-order valence-corrected chi connectivity index (χ0v) is 14.4. The summed E-state index contributed by atoms with van der Waals surface area (Å²) in [6, 6.07) is 11.2. The van der Waals surface area contributed by atoms with Gasteiger partial charge in [0.15, 0.2) is 0 Å². The molecule has 1 aromatic carbocycles. The molecule has 6 heteroatoms. The van der Waals surface area contributed by atoms with Crippen LogP contribution in [0, 0.1) is 0 Å². The lowest BCUT2D eigenvalue weighted by Gasteiger charge is -2.22. The largest absolute Gasteiger partial charge is 0.469 e. The number of benzene rings is 1. The Morgan fingerprint density at radius 2 is 1.96 bits per heavy atom. The van der Waals surface area contributed by atoms with Crippen molar-refractivity contribution < 1.29 is 14.3 Å². The Labute approximate surface area is 144 Å². The smallest absolute Gasteiger partial charge is 0.307 e. The molecule has 0 atom stereocenters. The van der Waals surface area contributed by atoms with Crippen molar-refractivity contribution in [3.8, 4) is 0 Å². The van der Waals surface area contributed by atoms with Gasteiger partial charge in [-0.25, -0.2) is 0 Å². The van der Waals surface area contributed by atoms with E-state index in [9.17, 15) is 9.59 Å². The molecule has 4 nitrogen and oxygen atoms in total. The van der Waals surface area contributed by atoms with Gasteiger partial charge in [0.1, 0.15) is 0 Å². The number of hydrogen-bond donors (Lipinski definition) is 0. The summed E-state index contributed by atoms with van der Waals surface area (Å²) in [4.78, 5) is 26.6. The first-order valence-electron chi connectivity index (χ1n) is 7.20. The van der Waals surface area contributed by atoms with Crippen molar-refractivity contribution in [3.63, 3.8) is 0 Å². The minimum atomic E-state index is -0.324. The molecule has 1 aromatic heterocycles. The summed E-state index contributed by atoms with van der Waals surface area (Å²) in [5, 5.41) is 2.60. The van der Waals surface area contributed by atoms with E-state index >= 15 is 0 Å². The van der Waals surface area contributed by atoms with Gasteiger partial charge in [0.25, 0.3) is 0 Å². The Hall–Kier alpha value is -1.85. The van der Waals surface area contributed by atoms with Crippen LogP contribution in [-0.4, -0.2) is 30.4 Å². The molecule has 0 bridgehead atoms. The van der Waals surface area contributed by atoms with E-state index in [2.05, 4.69) is 4.74 Å². The van der Waals surface area contributed by atoms with Crippen molar-refractivity contribution in [1.29, 1.82) is 0 Å². The number of carbonyl (C=O) groups is 2. The molecule has 2 aromatic rings. The summed E-state index contributed by atoms with van der Waals surface area (Å²) in [7, 11) is 1.35. The third-order valence-corrected chi connectivity index (χ3v) is 4.49. The molecule has 1 amide bonds. The van der Waals surface area contributed by atoms with Crippen LogP contribution in [0.1, 0.15) is 16.9 Å². The summed E-state index contributed by atoms with van der Waals surface area (Å²) in [5.74, 6) is -0.332. The van der Waals surface area contributed by atoms with E-state index in [-0.39, 0.29) is 18.3 Å². The molecule has 122 valence electrons. The second-order valence-electron chi connectivity index (χ2n) is 5.02. The number of amides is 1. The van der Waals surface area contributed by atoms with Crippen LogP contribution in [0.25, 0.3) is 0 Å². The number of nitrogens with zero attached hydrogens (tertiary/aromatic N) is 1. The molecule has 0 aliphatic carbocycles. The van der Waals surface area contributed by atoms with Crippen molar-refractivity contribution in [2.24, 2.45) is 0 Å². The molecule has 0 fully saturated rings. The van der Waals surface area contributed by atoms with Crippen LogP contribution in [-0.2, 0) is 27.3 Å². The Morgan fingerprint density at radius 3 is 2.57 bits per heavy atom. The molecule has 0 aliphatic heterocycles. The highest BCUT2D eigenvalue weighted by Crippen LogP contribution is 2.15. The van der Waals surface area contributed by atoms with Crippen LogP contribution < -0.4 is 0 Å². The number of thiophene rings is 1. The van der Waals surface area contributed by atoms with Gasteiger partial charge in [-0.3, -0.25) is 9.59 Å². The molecule has 0 spiro atoms. The van der Waals surface area contributed by atoms with Gasteiger partial charge >= 0.3 is 5.97 Å². The van der Waals surface area contributed by atoms with E-state index in [1.54, 1.807) is 28.4 Å². The van der Waals surface area contributed by atoms with Gasteiger partial charge < -0.3 is 9.64 Å². The second kappa shape index (κ2) is 8.70. The van der Waals surface area contributed by atoms with E-state index in [0.717, 1.165) is 10.4 Å². The lowest BCUT2D eigenvalue weighted by atomic mass is 10.2. The molecule has 0 radical (unpaired) electrons. The fraction of sp³-hybridized carbons (Fsp3) is 0.294. The zero-order valence-electron chi connectivity index (χ0n) is 12.8. The predicted molar refractivity (Wildman–Crippen MR) is 91.5 cm³/mol. The number of rotatable bonds is 7. The lowest BCUT2D eigenvalue weighted by molar-refractivity contribution is -0.141. The quantitative estimate of drug-likeness (QED) is 0.717. The van der Waals surface area contributed by atoms with Crippen LogP contribution in [0.2, 0.25) is 5.02 Å². The maximum atomic E-state index is 12.5. The van der Waals surface area contributed by atoms with Crippen LogP contribution >= 0.6 is 22.9 Å². The minimum Gasteiger partial charge on any atom is -0.469 e. The highest BCUT2D eigenvalue weighted by molar-refractivity contribution is 7.10. The van der Waals surface area contributed by atoms with E-state index in [1.807, 2.05) is 29.6 Å². The zero-order chi connectivity index (χ0) is 16.7. The van der Waals surface area contributed by atoms with Crippen molar-refractivity contribution >= 4 is 34.8 Å². The lowest BCUT2D eigenvalue weighted by Crippen LogP contribution is -2.33. The summed E-state index contributed by atoms with van der Waals surface area (Å²) >= 11 is 7.44. The summed E-state index contributed by atoms with van der Waals surface area (Å²) in [6.45, 7) is 0.776. The van der Waals surface area contributed by atoms with E-state index in [4.69, 9.17) is 11.6 Å². The first-order valence-corrected chi connectivity index (χ1v) is 8.45. The Morgan fingerprint density at radius 1 is 1.22 bits per heavy atom. The van der Waals surface area contributed by atoms with Crippen molar-refractivity contribution in [2.75, 3.05) is 13.7 Å². The monoisotopic (exact) mass is 351 g/mol. The fourth-order valence-corrected chi connectivity index (χ4v) is 2.93. The predicted octanol–water partition coefficient (Wildman–Crippen LogP) is 3.54. The highest BCUT2D eigenvalue weighted by atomic mass is 35.5. The third-order valence-electron chi connectivity index (χ3n) is 3.36. The van der Waals surface area contributed by atoms with E-state index < -0.39 is 0 Å². The molecular weight excluding hydrogens is 334 g/mol. The number of esters is 1. The maximum absolute atomic E-state index is 12.5. The molecule has 0 N–H and O–H groups in total. The van der Waals surface area contributed by atoms with Gasteiger partial charge in [0.2, 0.25) is 5.91 Å². The van der Waals surface area contributed by atoms with Gasteiger partial charge in [0.05, 0.1) is 20.0 Å². The Bertz CT molecular complexity index is 640. The molecule has 2 rings (SSSR count). The van der Waals surface area contributed by atoms with Crippen LogP contribution in [0.4, 0.5) is 0 Å². The van der Waals surface area contributed by atoms with E-state index in [0.29, 0.717) is 24.5 Å². The molecule has 0 aliphatic rings. The highest BCUT2D eigenvalue weighted by Gasteiger charge is 2.16. The standard InChI is InChI=1S/C17H18ClNO3S/c1-22-17(21)8-9-19(12-13-4-6-14(18)7-5-13)16(20)11-15-3-2-10-23-15/h2-7,10H,8-9,11-12H2,1H3. The third kappa shape index (κ3) is 5.69. The fourth-order valence-electron chi connectivity index (χ4n) is 2.10. The Balaban J connectivity index is 2.05. The molecule has 1 heterocycles. The van der Waals surface area contributed by atoms with Crippen molar-refractivity contribution in [1.82, 2.24) is 4.90 Å². The number of carbonyl (C=O) groups excluding carboxylic acids is 2. The van der Waals surface area contributed by atoms with Crippen LogP contribution in [0.3, 0.4) is 0 Å². The van der Waals surface area contributed by atoms with Crippen molar-refractivity contribution in [3.05, 3.63) is 57.2 Å². The molecule has 0 saturated carbocycles. The summed E-state index contributed by atoms with van der Waals surface area (Å²) < 4.78 is 4.66. The normalized spacial score (nSPS) is 10.3. The molecule has 23 heavy (non-hydrogen) atoms. The van der Waals surface area contributed by atoms with Gasteiger partial charge in [-0.2, -0.15) is 0 Å². The molecule has 0 saturated heterocycles. The summed E-state index contributed by atoms with van der Waals surface area (Å²) in [6.07, 6.45) is 0.521. The van der Waals surface area contributed by atoms with Gasteiger partial charge in [0, 0.05) is 23.0 Å². The minimum absolute atomic E-state index is 0.00805. The molecule has 0 unspecified atom stereocenters. The van der Waals surface area contributed by atoms with Gasteiger partial charge in [-0.05, 0) is 29.1 Å².